The fraction of sp³-hybridized carbons (Fsp3) is 0.562. The quantitative estimate of drug-likeness (QED) is 0.728. The molecule has 0 unspecified atom stereocenters. The molecule has 0 aliphatic heterocycles. The fourth-order valence-electron chi connectivity index (χ4n) is 2.55. The molecule has 128 valence electrons. The molecular formula is C16H25N3O3S. The predicted octanol–water partition coefficient (Wildman–Crippen LogP) is 1.37. The van der Waals surface area contributed by atoms with Crippen LogP contribution in [0.1, 0.15) is 49.9 Å². The van der Waals surface area contributed by atoms with Gasteiger partial charge in [-0.25, -0.2) is 13.1 Å². The van der Waals surface area contributed by atoms with Gasteiger partial charge in [0, 0.05) is 23.7 Å². The summed E-state index contributed by atoms with van der Waals surface area (Å²) in [6.45, 7) is 3.92. The van der Waals surface area contributed by atoms with E-state index in [0.717, 1.165) is 25.7 Å². The van der Waals surface area contributed by atoms with E-state index >= 15 is 0 Å². The summed E-state index contributed by atoms with van der Waals surface area (Å²) in [5, 5.41) is 2.71. The zero-order chi connectivity index (χ0) is 17.1. The molecule has 0 heterocycles. The average molecular weight is 339 g/mol. The Labute approximate surface area is 137 Å². The van der Waals surface area contributed by atoms with Crippen molar-refractivity contribution in [2.24, 2.45) is 5.73 Å². The van der Waals surface area contributed by atoms with Crippen molar-refractivity contribution in [2.45, 2.75) is 56.0 Å². The smallest absolute Gasteiger partial charge is 0.251 e. The molecule has 0 bridgehead atoms. The Morgan fingerprint density at radius 3 is 2.57 bits per heavy atom. The largest absolute Gasteiger partial charge is 0.350 e. The normalized spacial score (nSPS) is 16.5. The van der Waals surface area contributed by atoms with E-state index in [2.05, 4.69) is 10.0 Å². The van der Waals surface area contributed by atoms with Crippen LogP contribution in [0.5, 0.6) is 0 Å². The topological polar surface area (TPSA) is 101 Å². The van der Waals surface area contributed by atoms with Crippen molar-refractivity contribution in [3.8, 4) is 0 Å². The first-order chi connectivity index (χ1) is 10.7. The van der Waals surface area contributed by atoms with E-state index < -0.39 is 15.6 Å². The van der Waals surface area contributed by atoms with Gasteiger partial charge in [0.25, 0.3) is 5.91 Å². The lowest BCUT2D eigenvalue weighted by Crippen LogP contribution is -2.45. The number of hydrogen-bond donors (Lipinski definition) is 3. The number of hydrogen-bond acceptors (Lipinski definition) is 4. The Morgan fingerprint density at radius 2 is 1.96 bits per heavy atom. The number of sulfonamides is 1. The summed E-state index contributed by atoms with van der Waals surface area (Å²) < 4.78 is 27.5. The van der Waals surface area contributed by atoms with Gasteiger partial charge in [-0.1, -0.05) is 18.9 Å². The molecule has 4 N–H and O–H groups in total. The Kier molecular flexibility index (Phi) is 5.44. The molecule has 0 spiro atoms. The van der Waals surface area contributed by atoms with E-state index in [1.165, 1.54) is 12.1 Å². The standard InChI is InChI=1S/C16H25N3O3S/c1-16(2,17)11-18-15(20)12-6-5-9-14(10-12)23(21,22)19-13-7-3-4-8-13/h5-6,9-10,13,19H,3-4,7-8,11,17H2,1-2H3,(H,18,20). The molecule has 1 fully saturated rings. The van der Waals surface area contributed by atoms with E-state index in [1.807, 2.05) is 0 Å². The van der Waals surface area contributed by atoms with E-state index in [4.69, 9.17) is 5.73 Å². The lowest BCUT2D eigenvalue weighted by molar-refractivity contribution is 0.0946. The van der Waals surface area contributed by atoms with Crippen LogP contribution < -0.4 is 15.8 Å². The highest BCUT2D eigenvalue weighted by Crippen LogP contribution is 2.20. The maximum absolute atomic E-state index is 12.4. The van der Waals surface area contributed by atoms with Gasteiger partial charge in [-0.2, -0.15) is 0 Å². The van der Waals surface area contributed by atoms with Crippen LogP contribution in [-0.2, 0) is 10.0 Å². The van der Waals surface area contributed by atoms with Gasteiger partial charge in [-0.3, -0.25) is 4.79 Å². The summed E-state index contributed by atoms with van der Waals surface area (Å²) in [6, 6.07) is 6.06. The van der Waals surface area contributed by atoms with Crippen molar-refractivity contribution >= 4 is 15.9 Å². The lowest BCUT2D eigenvalue weighted by atomic mass is 10.1. The van der Waals surface area contributed by atoms with Crippen LogP contribution in [0.3, 0.4) is 0 Å². The minimum atomic E-state index is -3.60. The molecule has 0 saturated heterocycles. The van der Waals surface area contributed by atoms with Crippen LogP contribution in [0.4, 0.5) is 0 Å². The van der Waals surface area contributed by atoms with Crippen LogP contribution in [0.15, 0.2) is 29.2 Å². The zero-order valence-electron chi connectivity index (χ0n) is 13.6. The number of rotatable bonds is 6. The van der Waals surface area contributed by atoms with Gasteiger partial charge in [0.15, 0.2) is 0 Å². The molecule has 1 aliphatic rings. The minimum Gasteiger partial charge on any atom is -0.350 e. The van der Waals surface area contributed by atoms with Crippen LogP contribution in [-0.4, -0.2) is 32.5 Å². The molecule has 0 radical (unpaired) electrons. The van der Waals surface area contributed by atoms with Crippen molar-refractivity contribution in [3.63, 3.8) is 0 Å². The predicted molar refractivity (Wildman–Crippen MR) is 89.6 cm³/mol. The molecule has 1 amide bonds. The molecule has 7 heteroatoms. The molecule has 1 aromatic carbocycles. The first-order valence-electron chi connectivity index (χ1n) is 7.87. The van der Waals surface area contributed by atoms with E-state index in [0.29, 0.717) is 12.1 Å². The van der Waals surface area contributed by atoms with Gasteiger partial charge in [0.05, 0.1) is 4.90 Å². The highest BCUT2D eigenvalue weighted by atomic mass is 32.2. The summed E-state index contributed by atoms with van der Waals surface area (Å²) in [6.07, 6.45) is 3.82. The average Bonchev–Trinajstić information content (AvgIpc) is 2.96. The third-order valence-corrected chi connectivity index (χ3v) is 5.31. The summed E-state index contributed by atoms with van der Waals surface area (Å²) >= 11 is 0. The first-order valence-corrected chi connectivity index (χ1v) is 9.35. The first kappa shape index (κ1) is 17.9. The lowest BCUT2D eigenvalue weighted by Gasteiger charge is -2.19. The van der Waals surface area contributed by atoms with Crippen LogP contribution in [0.2, 0.25) is 0 Å². The van der Waals surface area contributed by atoms with Crippen molar-refractivity contribution in [3.05, 3.63) is 29.8 Å². The maximum Gasteiger partial charge on any atom is 0.251 e. The molecule has 1 aromatic rings. The number of amides is 1. The third kappa shape index (κ3) is 5.30. The van der Waals surface area contributed by atoms with Crippen LogP contribution in [0.25, 0.3) is 0 Å². The van der Waals surface area contributed by atoms with Crippen molar-refractivity contribution < 1.29 is 13.2 Å². The second-order valence-corrected chi connectivity index (χ2v) is 8.52. The van der Waals surface area contributed by atoms with Gasteiger partial charge >= 0.3 is 0 Å². The van der Waals surface area contributed by atoms with Gasteiger partial charge in [-0.15, -0.1) is 0 Å². The Morgan fingerprint density at radius 1 is 1.30 bits per heavy atom. The minimum absolute atomic E-state index is 0.00415. The molecule has 6 nitrogen and oxygen atoms in total. The van der Waals surface area contributed by atoms with Gasteiger partial charge in [0.2, 0.25) is 10.0 Å². The van der Waals surface area contributed by atoms with Crippen molar-refractivity contribution in [1.29, 1.82) is 0 Å². The maximum atomic E-state index is 12.4. The number of benzene rings is 1. The highest BCUT2D eigenvalue weighted by Gasteiger charge is 2.23. The number of nitrogens with one attached hydrogen (secondary N) is 2. The Bertz CT molecular complexity index is 659. The van der Waals surface area contributed by atoms with Crippen LogP contribution in [0, 0.1) is 0 Å². The highest BCUT2D eigenvalue weighted by molar-refractivity contribution is 7.89. The Hall–Kier alpha value is -1.44. The van der Waals surface area contributed by atoms with Gasteiger partial charge in [-0.05, 0) is 44.9 Å². The number of carbonyl (C=O) groups excluding carboxylic acids is 1. The van der Waals surface area contributed by atoms with E-state index in [-0.39, 0.29) is 16.8 Å². The molecule has 1 aliphatic carbocycles. The monoisotopic (exact) mass is 339 g/mol. The summed E-state index contributed by atoms with van der Waals surface area (Å²) in [4.78, 5) is 12.2. The summed E-state index contributed by atoms with van der Waals surface area (Å²) in [7, 11) is -3.60. The molecule has 0 aromatic heterocycles. The van der Waals surface area contributed by atoms with Crippen molar-refractivity contribution in [1.82, 2.24) is 10.0 Å². The fourth-order valence-corrected chi connectivity index (χ4v) is 3.90. The van der Waals surface area contributed by atoms with E-state index in [1.54, 1.807) is 26.0 Å². The molecule has 23 heavy (non-hydrogen) atoms. The second-order valence-electron chi connectivity index (χ2n) is 6.80. The Balaban J connectivity index is 2.10. The SMILES string of the molecule is CC(C)(N)CNC(=O)c1cccc(S(=O)(=O)NC2CCCC2)c1. The molecular weight excluding hydrogens is 314 g/mol. The number of carbonyl (C=O) groups is 1. The van der Waals surface area contributed by atoms with Crippen molar-refractivity contribution in [2.75, 3.05) is 6.54 Å². The third-order valence-electron chi connectivity index (χ3n) is 3.79. The summed E-state index contributed by atoms with van der Waals surface area (Å²) in [5.41, 5.74) is 5.62. The zero-order valence-corrected chi connectivity index (χ0v) is 14.4. The molecule has 2 rings (SSSR count). The van der Waals surface area contributed by atoms with Crippen LogP contribution >= 0.6 is 0 Å². The number of nitrogens with two attached hydrogens (primary N) is 1. The van der Waals surface area contributed by atoms with E-state index in [9.17, 15) is 13.2 Å². The van der Waals surface area contributed by atoms with Gasteiger partial charge in [0.1, 0.15) is 0 Å². The second kappa shape index (κ2) is 6.98. The molecule has 0 atom stereocenters. The van der Waals surface area contributed by atoms with Gasteiger partial charge < -0.3 is 11.1 Å². The molecule has 1 saturated carbocycles. The summed E-state index contributed by atoms with van der Waals surface area (Å²) in [5.74, 6) is -0.332.